The predicted octanol–water partition coefficient (Wildman–Crippen LogP) is 4.06. The Kier molecular flexibility index (Phi) is 6.43. The lowest BCUT2D eigenvalue weighted by atomic mass is 10.2. The van der Waals surface area contributed by atoms with Crippen LogP contribution in [0.4, 0.5) is 0 Å². The average Bonchev–Trinajstić information content (AvgIpc) is 3.31. The summed E-state index contributed by atoms with van der Waals surface area (Å²) >= 11 is 1.31. The number of ether oxygens (including phenoxy) is 2. The second-order valence-corrected chi connectivity index (χ2v) is 7.82. The second kappa shape index (κ2) is 9.57. The fourth-order valence-electron chi connectivity index (χ4n) is 3.02. The lowest BCUT2D eigenvalue weighted by Crippen LogP contribution is -2.23. The zero-order valence-corrected chi connectivity index (χ0v) is 18.3. The van der Waals surface area contributed by atoms with Crippen LogP contribution in [0.3, 0.4) is 0 Å². The van der Waals surface area contributed by atoms with Crippen LogP contribution in [0.1, 0.15) is 37.2 Å². The Bertz CT molecular complexity index is 1310. The van der Waals surface area contributed by atoms with Crippen LogP contribution in [0.2, 0.25) is 0 Å². The maximum Gasteiger partial charge on any atom is 0.291 e. The zero-order valence-electron chi connectivity index (χ0n) is 17.4. The fraction of sp³-hybridized carbons (Fsp3) is 0.208. The molecule has 0 saturated carbocycles. The Balaban J connectivity index is 1.63. The van der Waals surface area contributed by atoms with Crippen molar-refractivity contribution in [3.8, 4) is 11.5 Å². The van der Waals surface area contributed by atoms with Gasteiger partial charge in [0, 0.05) is 0 Å². The highest BCUT2D eigenvalue weighted by molar-refractivity contribution is 7.15. The van der Waals surface area contributed by atoms with E-state index >= 15 is 0 Å². The quantitative estimate of drug-likeness (QED) is 0.419. The number of nitrogens with zero attached hydrogens (tertiary/aromatic N) is 3. The van der Waals surface area contributed by atoms with E-state index in [-0.39, 0.29) is 5.56 Å². The molecule has 0 aliphatic carbocycles. The Hall–Kier alpha value is -3.45. The van der Waals surface area contributed by atoms with E-state index in [2.05, 4.69) is 17.0 Å². The Morgan fingerprint density at radius 1 is 1.00 bits per heavy atom. The third-order valence-corrected chi connectivity index (χ3v) is 5.41. The third kappa shape index (κ3) is 4.83. The van der Waals surface area contributed by atoms with Crippen LogP contribution in [0, 0.1) is 0 Å². The van der Waals surface area contributed by atoms with Crippen molar-refractivity contribution >= 4 is 34.5 Å². The molecule has 0 aliphatic heterocycles. The molecule has 0 aliphatic rings. The number of rotatable bonds is 8. The van der Waals surface area contributed by atoms with Gasteiger partial charge < -0.3 is 9.47 Å². The summed E-state index contributed by atoms with van der Waals surface area (Å²) < 4.78 is 13.4. The number of fused-ring (bicyclic) bond motifs is 1. The summed E-state index contributed by atoms with van der Waals surface area (Å²) in [6.45, 7) is 5.15. The van der Waals surface area contributed by atoms with Crippen molar-refractivity contribution < 1.29 is 9.47 Å². The van der Waals surface area contributed by atoms with Crippen LogP contribution >= 0.6 is 11.3 Å². The van der Waals surface area contributed by atoms with Crippen LogP contribution in [-0.2, 0) is 0 Å². The van der Waals surface area contributed by atoms with Gasteiger partial charge in [0.2, 0.25) is 4.96 Å². The average molecular weight is 434 g/mol. The molecule has 0 spiro atoms. The highest BCUT2D eigenvalue weighted by Gasteiger charge is 2.10. The van der Waals surface area contributed by atoms with E-state index in [0.29, 0.717) is 40.0 Å². The molecule has 31 heavy (non-hydrogen) atoms. The number of hydrogen-bond acceptors (Lipinski definition) is 6. The molecule has 2 aromatic carbocycles. The van der Waals surface area contributed by atoms with Crippen LogP contribution in [0.25, 0.3) is 23.2 Å². The highest BCUT2D eigenvalue weighted by Crippen LogP contribution is 2.29. The van der Waals surface area contributed by atoms with Crippen LogP contribution < -0.4 is 19.6 Å². The summed E-state index contributed by atoms with van der Waals surface area (Å²) in [4.78, 5) is 17.8. The van der Waals surface area contributed by atoms with Gasteiger partial charge in [-0.05, 0) is 48.8 Å². The fourth-order valence-corrected chi connectivity index (χ4v) is 3.93. The lowest BCUT2D eigenvalue weighted by molar-refractivity contribution is 0.277. The smallest absolute Gasteiger partial charge is 0.291 e. The summed E-state index contributed by atoms with van der Waals surface area (Å²) in [5.41, 5.74) is 1.72. The largest absolute Gasteiger partial charge is 0.490 e. The number of hydrogen-bond donors (Lipinski definition) is 0. The predicted molar refractivity (Wildman–Crippen MR) is 125 cm³/mol. The summed E-state index contributed by atoms with van der Waals surface area (Å²) in [5, 5.41) is 4.34. The van der Waals surface area contributed by atoms with E-state index in [0.717, 1.165) is 17.5 Å². The minimum atomic E-state index is -0.184. The van der Waals surface area contributed by atoms with Gasteiger partial charge in [0.15, 0.2) is 17.3 Å². The Morgan fingerprint density at radius 3 is 2.58 bits per heavy atom. The molecule has 6 nitrogen and oxygen atoms in total. The maximum absolute atomic E-state index is 12.8. The third-order valence-electron chi connectivity index (χ3n) is 4.45. The first-order chi connectivity index (χ1) is 15.2. The minimum absolute atomic E-state index is 0.184. The van der Waals surface area contributed by atoms with E-state index in [4.69, 9.17) is 9.47 Å². The van der Waals surface area contributed by atoms with Crippen molar-refractivity contribution in [3.05, 3.63) is 80.4 Å². The molecule has 0 N–H and O–H groups in total. The van der Waals surface area contributed by atoms with Crippen molar-refractivity contribution in [1.82, 2.24) is 14.6 Å². The van der Waals surface area contributed by atoms with Gasteiger partial charge in [0.25, 0.3) is 5.56 Å². The van der Waals surface area contributed by atoms with Crippen molar-refractivity contribution in [1.29, 1.82) is 0 Å². The molecule has 2 aromatic heterocycles. The molecule has 0 atom stereocenters. The molecule has 0 radical (unpaired) electrons. The van der Waals surface area contributed by atoms with Crippen molar-refractivity contribution in [2.45, 2.75) is 20.3 Å². The number of benzene rings is 2. The Labute approximate surface area is 184 Å². The Morgan fingerprint density at radius 2 is 1.84 bits per heavy atom. The van der Waals surface area contributed by atoms with Gasteiger partial charge in [-0.2, -0.15) is 9.50 Å². The SMILES string of the molecule is CCCOc1ccc(/C=c2\sc3nc(/C=C/c4ccccc4)nn3c2=O)cc1OCC. The van der Waals surface area contributed by atoms with Crippen molar-refractivity contribution in [2.24, 2.45) is 0 Å². The molecule has 0 unspecified atom stereocenters. The molecular formula is C24H23N3O3S. The zero-order chi connectivity index (χ0) is 21.6. The van der Waals surface area contributed by atoms with Crippen molar-refractivity contribution in [3.63, 3.8) is 0 Å². The van der Waals surface area contributed by atoms with Gasteiger partial charge >= 0.3 is 0 Å². The van der Waals surface area contributed by atoms with Gasteiger partial charge in [-0.3, -0.25) is 4.79 Å². The summed E-state index contributed by atoms with van der Waals surface area (Å²) in [6, 6.07) is 15.6. The summed E-state index contributed by atoms with van der Waals surface area (Å²) in [7, 11) is 0. The topological polar surface area (TPSA) is 65.7 Å². The summed E-state index contributed by atoms with van der Waals surface area (Å²) in [6.07, 6.45) is 6.48. The summed E-state index contributed by atoms with van der Waals surface area (Å²) in [5.74, 6) is 1.89. The van der Waals surface area contributed by atoms with Crippen molar-refractivity contribution in [2.75, 3.05) is 13.2 Å². The molecule has 7 heteroatoms. The van der Waals surface area contributed by atoms with Gasteiger partial charge in [0.1, 0.15) is 0 Å². The molecule has 0 amide bonds. The van der Waals surface area contributed by atoms with Gasteiger partial charge in [-0.15, -0.1) is 5.10 Å². The van der Waals surface area contributed by atoms with E-state index in [1.165, 1.54) is 15.9 Å². The molecule has 0 saturated heterocycles. The molecule has 158 valence electrons. The van der Waals surface area contributed by atoms with Gasteiger partial charge in [-0.25, -0.2) is 0 Å². The number of thiazole rings is 1. The molecule has 0 fully saturated rings. The van der Waals surface area contributed by atoms with E-state index < -0.39 is 0 Å². The second-order valence-electron chi connectivity index (χ2n) is 6.81. The standard InChI is InChI=1S/C24H23N3O3S/c1-3-14-30-19-12-10-18(15-20(19)29-4-2)16-21-23(28)27-24(31-21)25-22(26-27)13-11-17-8-6-5-7-9-17/h5-13,15-16H,3-4,14H2,1-2H3/b13-11+,21-16-. The lowest BCUT2D eigenvalue weighted by Gasteiger charge is -2.11. The molecule has 4 rings (SSSR count). The highest BCUT2D eigenvalue weighted by atomic mass is 32.1. The first-order valence-electron chi connectivity index (χ1n) is 10.2. The molecule has 0 bridgehead atoms. The van der Waals surface area contributed by atoms with Gasteiger partial charge in [0.05, 0.1) is 17.7 Å². The van der Waals surface area contributed by atoms with Crippen LogP contribution in [-0.4, -0.2) is 27.8 Å². The molecular weight excluding hydrogens is 410 g/mol. The van der Waals surface area contributed by atoms with E-state index in [1.54, 1.807) is 6.08 Å². The monoisotopic (exact) mass is 433 g/mol. The maximum atomic E-state index is 12.8. The van der Waals surface area contributed by atoms with Crippen LogP contribution in [0.5, 0.6) is 11.5 Å². The normalized spacial score (nSPS) is 12.1. The first kappa shape index (κ1) is 20.8. The van der Waals surface area contributed by atoms with Crippen LogP contribution in [0.15, 0.2) is 53.3 Å². The van der Waals surface area contributed by atoms with E-state index in [9.17, 15) is 4.79 Å². The van der Waals surface area contributed by atoms with Gasteiger partial charge in [-0.1, -0.05) is 60.7 Å². The molecule has 2 heterocycles. The first-order valence-corrected chi connectivity index (χ1v) is 11.0. The number of aromatic nitrogens is 3. The van der Waals surface area contributed by atoms with E-state index in [1.807, 2.05) is 67.6 Å². The minimum Gasteiger partial charge on any atom is -0.490 e. The molecule has 4 aromatic rings.